The van der Waals surface area contributed by atoms with Gasteiger partial charge in [-0.3, -0.25) is 4.79 Å². The molecule has 1 heterocycles. The van der Waals surface area contributed by atoms with Gasteiger partial charge in [0.15, 0.2) is 0 Å². The van der Waals surface area contributed by atoms with Gasteiger partial charge in [0.1, 0.15) is 5.54 Å². The van der Waals surface area contributed by atoms with E-state index in [0.29, 0.717) is 19.3 Å². The van der Waals surface area contributed by atoms with Crippen LogP contribution in [0.25, 0.3) is 0 Å². The van der Waals surface area contributed by atoms with Crippen molar-refractivity contribution in [2.24, 2.45) is 5.92 Å². The van der Waals surface area contributed by atoms with Crippen LogP contribution in [0.4, 0.5) is 0 Å². The van der Waals surface area contributed by atoms with Crippen molar-refractivity contribution in [3.8, 4) is 0 Å². The summed E-state index contributed by atoms with van der Waals surface area (Å²) in [5.74, 6) is 1.46. The predicted molar refractivity (Wildman–Crippen MR) is 85.5 cm³/mol. The number of hydrogen-bond donors (Lipinski definition) is 2. The molecule has 0 aromatic heterocycles. The molecule has 0 bridgehead atoms. The molecule has 0 aromatic rings. The van der Waals surface area contributed by atoms with Gasteiger partial charge in [0, 0.05) is 6.42 Å². The summed E-state index contributed by atoms with van der Waals surface area (Å²) in [6.07, 6.45) is 10.2. The Balaban J connectivity index is 1.73. The summed E-state index contributed by atoms with van der Waals surface area (Å²) in [6.45, 7) is 0. The smallest absolute Gasteiger partial charge is 0.329 e. The Kier molecular flexibility index (Phi) is 6.40. The molecule has 0 aromatic carbocycles. The second-order valence-electron chi connectivity index (χ2n) is 6.44. The quantitative estimate of drug-likeness (QED) is 0.790. The van der Waals surface area contributed by atoms with E-state index in [1.807, 2.05) is 0 Å². The summed E-state index contributed by atoms with van der Waals surface area (Å²) >= 11 is 1.76. The Morgan fingerprint density at radius 2 is 1.81 bits per heavy atom. The average molecular weight is 313 g/mol. The van der Waals surface area contributed by atoms with E-state index in [4.69, 9.17) is 0 Å². The highest BCUT2D eigenvalue weighted by molar-refractivity contribution is 7.99. The van der Waals surface area contributed by atoms with Crippen molar-refractivity contribution in [3.63, 3.8) is 0 Å². The normalized spacial score (nSPS) is 22.7. The van der Waals surface area contributed by atoms with Gasteiger partial charge in [-0.25, -0.2) is 4.79 Å². The average Bonchev–Trinajstić information content (AvgIpc) is 2.49. The summed E-state index contributed by atoms with van der Waals surface area (Å²) in [5, 5.41) is 12.3. The van der Waals surface area contributed by atoms with Crippen molar-refractivity contribution in [1.82, 2.24) is 5.32 Å². The number of nitrogens with one attached hydrogen (secondary N) is 1. The summed E-state index contributed by atoms with van der Waals surface area (Å²) in [6, 6.07) is 0. The van der Waals surface area contributed by atoms with Crippen LogP contribution in [-0.4, -0.2) is 34.0 Å². The van der Waals surface area contributed by atoms with E-state index >= 15 is 0 Å². The van der Waals surface area contributed by atoms with Crippen LogP contribution in [-0.2, 0) is 9.59 Å². The maximum atomic E-state index is 12.1. The van der Waals surface area contributed by atoms with E-state index in [0.717, 1.165) is 30.3 Å². The first-order chi connectivity index (χ1) is 10.1. The molecule has 1 aliphatic carbocycles. The molecule has 21 heavy (non-hydrogen) atoms. The topological polar surface area (TPSA) is 66.4 Å². The molecule has 0 radical (unpaired) electrons. The molecule has 120 valence electrons. The van der Waals surface area contributed by atoms with Crippen LogP contribution in [0.5, 0.6) is 0 Å². The van der Waals surface area contributed by atoms with Gasteiger partial charge in [0.05, 0.1) is 0 Å². The molecular weight excluding hydrogens is 286 g/mol. The van der Waals surface area contributed by atoms with Crippen LogP contribution in [0.3, 0.4) is 0 Å². The summed E-state index contributed by atoms with van der Waals surface area (Å²) in [5.41, 5.74) is -1.01. The first-order valence-electron chi connectivity index (χ1n) is 8.24. The fourth-order valence-corrected chi connectivity index (χ4v) is 4.66. The van der Waals surface area contributed by atoms with Crippen LogP contribution < -0.4 is 5.32 Å². The predicted octanol–water partition coefficient (Wildman–Crippen LogP) is 3.20. The number of carbonyl (C=O) groups is 2. The Morgan fingerprint density at radius 3 is 2.43 bits per heavy atom. The minimum Gasteiger partial charge on any atom is -0.480 e. The second kappa shape index (κ2) is 8.06. The lowest BCUT2D eigenvalue weighted by Gasteiger charge is -2.33. The number of hydrogen-bond acceptors (Lipinski definition) is 3. The molecule has 1 saturated heterocycles. The first-order valence-corrected chi connectivity index (χ1v) is 9.40. The van der Waals surface area contributed by atoms with Gasteiger partial charge in [-0.2, -0.15) is 11.8 Å². The highest BCUT2D eigenvalue weighted by Gasteiger charge is 2.41. The molecule has 0 atom stereocenters. The third-order valence-electron chi connectivity index (χ3n) is 4.88. The lowest BCUT2D eigenvalue weighted by molar-refractivity contribution is -0.148. The molecule has 2 rings (SSSR count). The van der Waals surface area contributed by atoms with Gasteiger partial charge in [-0.1, -0.05) is 32.1 Å². The molecule has 1 amide bonds. The van der Waals surface area contributed by atoms with Crippen LogP contribution >= 0.6 is 11.8 Å². The lowest BCUT2D eigenvalue weighted by atomic mass is 9.85. The molecule has 0 spiro atoms. The van der Waals surface area contributed by atoms with Crippen LogP contribution in [0.15, 0.2) is 0 Å². The fourth-order valence-electron chi connectivity index (χ4n) is 3.47. The van der Waals surface area contributed by atoms with Gasteiger partial charge >= 0.3 is 5.97 Å². The number of carbonyl (C=O) groups excluding carboxylic acids is 1. The molecule has 5 heteroatoms. The Bertz CT molecular complexity index is 361. The van der Waals surface area contributed by atoms with Crippen LogP contribution in [0, 0.1) is 5.92 Å². The Labute approximate surface area is 131 Å². The summed E-state index contributed by atoms with van der Waals surface area (Å²) in [4.78, 5) is 23.6. The molecule has 0 unspecified atom stereocenters. The zero-order chi connectivity index (χ0) is 15.1. The third kappa shape index (κ3) is 4.90. The fraction of sp³-hybridized carbons (Fsp3) is 0.875. The summed E-state index contributed by atoms with van der Waals surface area (Å²) in [7, 11) is 0. The standard InChI is InChI=1S/C16H27NO3S/c18-14(8-4-7-13-5-2-1-3-6-13)17-16(15(19)20)9-11-21-12-10-16/h13H,1-12H2,(H,17,18)(H,19,20). The van der Waals surface area contributed by atoms with Gasteiger partial charge < -0.3 is 10.4 Å². The van der Waals surface area contributed by atoms with Gasteiger partial charge in [0.25, 0.3) is 0 Å². The third-order valence-corrected chi connectivity index (χ3v) is 5.86. The van der Waals surface area contributed by atoms with Crippen molar-refractivity contribution in [2.45, 2.75) is 69.7 Å². The lowest BCUT2D eigenvalue weighted by Crippen LogP contribution is -2.56. The number of carboxylic acid groups (broad SMARTS) is 1. The van der Waals surface area contributed by atoms with E-state index in [1.165, 1.54) is 32.1 Å². The van der Waals surface area contributed by atoms with E-state index in [1.54, 1.807) is 11.8 Å². The highest BCUT2D eigenvalue weighted by atomic mass is 32.2. The van der Waals surface area contributed by atoms with Crippen molar-refractivity contribution < 1.29 is 14.7 Å². The van der Waals surface area contributed by atoms with Crippen molar-refractivity contribution in [3.05, 3.63) is 0 Å². The van der Waals surface area contributed by atoms with E-state index in [-0.39, 0.29) is 5.91 Å². The molecule has 2 aliphatic rings. The number of rotatable bonds is 6. The van der Waals surface area contributed by atoms with E-state index in [2.05, 4.69) is 5.32 Å². The highest BCUT2D eigenvalue weighted by Crippen LogP contribution is 2.29. The van der Waals surface area contributed by atoms with E-state index < -0.39 is 11.5 Å². The minimum atomic E-state index is -1.01. The van der Waals surface area contributed by atoms with E-state index in [9.17, 15) is 14.7 Å². The van der Waals surface area contributed by atoms with Crippen molar-refractivity contribution in [2.75, 3.05) is 11.5 Å². The number of aliphatic carboxylic acids is 1. The largest absolute Gasteiger partial charge is 0.480 e. The zero-order valence-electron chi connectivity index (χ0n) is 12.7. The second-order valence-corrected chi connectivity index (χ2v) is 7.67. The maximum Gasteiger partial charge on any atom is 0.329 e. The van der Waals surface area contributed by atoms with Crippen molar-refractivity contribution in [1.29, 1.82) is 0 Å². The molecule has 1 saturated carbocycles. The maximum absolute atomic E-state index is 12.1. The minimum absolute atomic E-state index is 0.0832. The van der Waals surface area contributed by atoms with Crippen LogP contribution in [0.2, 0.25) is 0 Å². The molecule has 1 aliphatic heterocycles. The first kappa shape index (κ1) is 16.7. The SMILES string of the molecule is O=C(CCCC1CCCCC1)NC1(C(=O)O)CCSCC1. The molecule has 2 N–H and O–H groups in total. The summed E-state index contributed by atoms with van der Waals surface area (Å²) < 4.78 is 0. The van der Waals surface area contributed by atoms with Gasteiger partial charge in [0.2, 0.25) is 5.91 Å². The molecular formula is C16H27NO3S. The van der Waals surface area contributed by atoms with Gasteiger partial charge in [-0.15, -0.1) is 0 Å². The zero-order valence-corrected chi connectivity index (χ0v) is 13.6. The Morgan fingerprint density at radius 1 is 1.14 bits per heavy atom. The number of amides is 1. The monoisotopic (exact) mass is 313 g/mol. The number of thioether (sulfide) groups is 1. The molecule has 4 nitrogen and oxygen atoms in total. The van der Waals surface area contributed by atoms with Crippen molar-refractivity contribution >= 4 is 23.6 Å². The number of carboxylic acids is 1. The molecule has 2 fully saturated rings. The van der Waals surface area contributed by atoms with Crippen LogP contribution in [0.1, 0.15) is 64.2 Å². The Hall–Kier alpha value is -0.710. The van der Waals surface area contributed by atoms with Gasteiger partial charge in [-0.05, 0) is 43.1 Å².